The van der Waals surface area contributed by atoms with Gasteiger partial charge in [-0.2, -0.15) is 13.2 Å². The molecule has 0 heterocycles. The number of alkyl halides is 3. The largest absolute Gasteiger partial charge is 0.480 e. The zero-order valence-electron chi connectivity index (χ0n) is 8.26. The Morgan fingerprint density at radius 2 is 1.87 bits per heavy atom. The minimum atomic E-state index is -4.45. The first-order chi connectivity index (χ1) is 6.64. The Morgan fingerprint density at radius 1 is 1.40 bits per heavy atom. The molecule has 2 atom stereocenters. The lowest BCUT2D eigenvalue weighted by molar-refractivity contribution is -0.174. The second kappa shape index (κ2) is 4.99. The first-order valence-electron chi connectivity index (χ1n) is 4.21. The van der Waals surface area contributed by atoms with E-state index in [1.807, 2.05) is 5.32 Å². The van der Waals surface area contributed by atoms with Gasteiger partial charge >= 0.3 is 12.1 Å². The van der Waals surface area contributed by atoms with E-state index in [0.717, 1.165) is 13.8 Å². The molecule has 1 unspecified atom stereocenters. The minimum Gasteiger partial charge on any atom is -0.480 e. The number of halogens is 3. The van der Waals surface area contributed by atoms with Gasteiger partial charge in [-0.3, -0.25) is 4.79 Å². The SMILES string of the molecule is CC(=O)N[C@H](CC(C)C(F)(F)F)C(=O)O. The van der Waals surface area contributed by atoms with Crippen LogP contribution in [0, 0.1) is 5.92 Å². The van der Waals surface area contributed by atoms with Crippen molar-refractivity contribution in [2.75, 3.05) is 0 Å². The molecule has 7 heteroatoms. The fourth-order valence-electron chi connectivity index (χ4n) is 0.954. The van der Waals surface area contributed by atoms with Crippen molar-refractivity contribution in [1.82, 2.24) is 5.32 Å². The Hall–Kier alpha value is -1.27. The van der Waals surface area contributed by atoms with Crippen molar-refractivity contribution < 1.29 is 27.9 Å². The van der Waals surface area contributed by atoms with Crippen LogP contribution < -0.4 is 5.32 Å². The lowest BCUT2D eigenvalue weighted by Gasteiger charge is -2.20. The number of amides is 1. The number of aliphatic carboxylic acids is 1. The summed E-state index contributed by atoms with van der Waals surface area (Å²) in [7, 11) is 0. The Labute approximate surface area is 84.5 Å². The number of carboxylic acid groups (broad SMARTS) is 1. The number of carboxylic acids is 1. The maximum absolute atomic E-state index is 12.1. The van der Waals surface area contributed by atoms with Crippen LogP contribution in [0.1, 0.15) is 20.3 Å². The summed E-state index contributed by atoms with van der Waals surface area (Å²) in [5, 5.41) is 10.5. The number of carbonyl (C=O) groups is 2. The predicted molar refractivity (Wildman–Crippen MR) is 45.1 cm³/mol. The molecule has 0 aromatic heterocycles. The van der Waals surface area contributed by atoms with E-state index >= 15 is 0 Å². The van der Waals surface area contributed by atoms with Crippen LogP contribution >= 0.6 is 0 Å². The van der Waals surface area contributed by atoms with E-state index < -0.39 is 36.4 Å². The number of nitrogens with one attached hydrogen (secondary N) is 1. The van der Waals surface area contributed by atoms with Crippen LogP contribution in [-0.2, 0) is 9.59 Å². The standard InChI is InChI=1S/C8H12F3NO3/c1-4(8(9,10)11)3-6(7(14)15)12-5(2)13/h4,6H,3H2,1-2H3,(H,12,13)(H,14,15)/t4?,6-/m1/s1. The average Bonchev–Trinajstić information content (AvgIpc) is 1.99. The van der Waals surface area contributed by atoms with Crippen LogP contribution in [0.5, 0.6) is 0 Å². The summed E-state index contributed by atoms with van der Waals surface area (Å²) in [6.07, 6.45) is -5.12. The molecule has 0 aromatic rings. The quantitative estimate of drug-likeness (QED) is 0.757. The van der Waals surface area contributed by atoms with Crippen molar-refractivity contribution in [3.8, 4) is 0 Å². The lowest BCUT2D eigenvalue weighted by atomic mass is 10.0. The average molecular weight is 227 g/mol. The topological polar surface area (TPSA) is 66.4 Å². The van der Waals surface area contributed by atoms with Crippen LogP contribution in [0.3, 0.4) is 0 Å². The van der Waals surface area contributed by atoms with E-state index in [0.29, 0.717) is 0 Å². The van der Waals surface area contributed by atoms with Gasteiger partial charge in [0.15, 0.2) is 0 Å². The molecule has 2 N–H and O–H groups in total. The Bertz CT molecular complexity index is 252. The predicted octanol–water partition coefficient (Wildman–Crippen LogP) is 1.16. The van der Waals surface area contributed by atoms with Gasteiger partial charge in [-0.25, -0.2) is 4.79 Å². The second-order valence-corrected chi connectivity index (χ2v) is 3.27. The van der Waals surface area contributed by atoms with Crippen molar-refractivity contribution in [3.05, 3.63) is 0 Å². The Morgan fingerprint density at radius 3 is 2.13 bits per heavy atom. The molecule has 0 aliphatic rings. The van der Waals surface area contributed by atoms with Gasteiger partial charge in [0.05, 0.1) is 5.92 Å². The molecule has 0 aromatic carbocycles. The van der Waals surface area contributed by atoms with E-state index in [2.05, 4.69) is 0 Å². The molecule has 0 saturated heterocycles. The molecular weight excluding hydrogens is 215 g/mol. The highest BCUT2D eigenvalue weighted by Gasteiger charge is 2.38. The number of hydrogen-bond acceptors (Lipinski definition) is 2. The summed E-state index contributed by atoms with van der Waals surface area (Å²) in [6, 6.07) is -1.50. The molecule has 15 heavy (non-hydrogen) atoms. The van der Waals surface area contributed by atoms with E-state index in [-0.39, 0.29) is 0 Å². The molecule has 4 nitrogen and oxygen atoms in total. The Kier molecular flexibility index (Phi) is 4.57. The first kappa shape index (κ1) is 13.7. The van der Waals surface area contributed by atoms with Gasteiger partial charge < -0.3 is 10.4 Å². The first-order valence-corrected chi connectivity index (χ1v) is 4.21. The van der Waals surface area contributed by atoms with Crippen LogP contribution in [0.25, 0.3) is 0 Å². The zero-order valence-corrected chi connectivity index (χ0v) is 8.26. The van der Waals surface area contributed by atoms with Crippen LogP contribution in [0.15, 0.2) is 0 Å². The van der Waals surface area contributed by atoms with Crippen LogP contribution in [0.4, 0.5) is 13.2 Å². The maximum atomic E-state index is 12.1. The molecule has 0 rings (SSSR count). The number of hydrogen-bond donors (Lipinski definition) is 2. The van der Waals surface area contributed by atoms with Crippen molar-refractivity contribution in [3.63, 3.8) is 0 Å². The summed E-state index contributed by atoms with van der Waals surface area (Å²) in [5.41, 5.74) is 0. The van der Waals surface area contributed by atoms with Gasteiger partial charge in [0.2, 0.25) is 5.91 Å². The maximum Gasteiger partial charge on any atom is 0.391 e. The molecule has 1 amide bonds. The summed E-state index contributed by atoms with van der Waals surface area (Å²) in [5.74, 6) is -3.91. The van der Waals surface area contributed by atoms with Gasteiger partial charge in [0.1, 0.15) is 6.04 Å². The van der Waals surface area contributed by atoms with E-state index in [1.54, 1.807) is 0 Å². The summed E-state index contributed by atoms with van der Waals surface area (Å²) >= 11 is 0. The summed E-state index contributed by atoms with van der Waals surface area (Å²) in [4.78, 5) is 21.0. The van der Waals surface area contributed by atoms with Crippen molar-refractivity contribution in [2.24, 2.45) is 5.92 Å². The molecule has 88 valence electrons. The highest BCUT2D eigenvalue weighted by atomic mass is 19.4. The molecule has 0 aliphatic carbocycles. The van der Waals surface area contributed by atoms with E-state index in [4.69, 9.17) is 5.11 Å². The van der Waals surface area contributed by atoms with E-state index in [9.17, 15) is 22.8 Å². The van der Waals surface area contributed by atoms with Gasteiger partial charge in [-0.05, 0) is 6.42 Å². The van der Waals surface area contributed by atoms with Crippen molar-refractivity contribution in [2.45, 2.75) is 32.5 Å². The Balaban J connectivity index is 4.42. The van der Waals surface area contributed by atoms with Crippen LogP contribution in [-0.4, -0.2) is 29.2 Å². The van der Waals surface area contributed by atoms with Gasteiger partial charge in [0, 0.05) is 6.92 Å². The molecule has 0 radical (unpaired) electrons. The highest BCUT2D eigenvalue weighted by molar-refractivity contribution is 5.82. The van der Waals surface area contributed by atoms with Crippen molar-refractivity contribution >= 4 is 11.9 Å². The lowest BCUT2D eigenvalue weighted by Crippen LogP contribution is -2.42. The number of carbonyl (C=O) groups excluding carboxylic acids is 1. The third kappa shape index (κ3) is 5.24. The second-order valence-electron chi connectivity index (χ2n) is 3.27. The van der Waals surface area contributed by atoms with Gasteiger partial charge in [0.25, 0.3) is 0 Å². The smallest absolute Gasteiger partial charge is 0.391 e. The fraction of sp³-hybridized carbons (Fsp3) is 0.750. The molecule has 0 aliphatic heterocycles. The summed E-state index contributed by atoms with van der Waals surface area (Å²) < 4.78 is 36.3. The number of rotatable bonds is 4. The molecule has 0 bridgehead atoms. The summed E-state index contributed by atoms with van der Waals surface area (Å²) in [6.45, 7) is 1.92. The minimum absolute atomic E-state index is 0.668. The normalized spacial score (nSPS) is 15.5. The monoisotopic (exact) mass is 227 g/mol. The van der Waals surface area contributed by atoms with E-state index in [1.165, 1.54) is 0 Å². The third-order valence-electron chi connectivity index (χ3n) is 1.82. The highest BCUT2D eigenvalue weighted by Crippen LogP contribution is 2.29. The van der Waals surface area contributed by atoms with Crippen LogP contribution in [0.2, 0.25) is 0 Å². The molecular formula is C8H12F3NO3. The van der Waals surface area contributed by atoms with Crippen molar-refractivity contribution in [1.29, 1.82) is 0 Å². The van der Waals surface area contributed by atoms with Gasteiger partial charge in [-0.15, -0.1) is 0 Å². The molecule has 0 fully saturated rings. The third-order valence-corrected chi connectivity index (χ3v) is 1.82. The molecule has 0 saturated carbocycles. The molecule has 0 spiro atoms. The van der Waals surface area contributed by atoms with Gasteiger partial charge in [-0.1, -0.05) is 6.92 Å². The zero-order chi connectivity index (χ0) is 12.2. The fourth-order valence-corrected chi connectivity index (χ4v) is 0.954.